The van der Waals surface area contributed by atoms with Gasteiger partial charge < -0.3 is 0 Å². The lowest BCUT2D eigenvalue weighted by molar-refractivity contribution is 0.0137. The number of benzene rings is 1. The molecule has 1 aromatic carbocycles. The number of alkyl halides is 3. The Labute approximate surface area is 93.4 Å². The van der Waals surface area contributed by atoms with E-state index in [2.05, 4.69) is 15.9 Å². The van der Waals surface area contributed by atoms with E-state index >= 15 is 0 Å². The molecule has 0 bridgehead atoms. The third kappa shape index (κ3) is 2.81. The summed E-state index contributed by atoms with van der Waals surface area (Å²) in [4.78, 5) is 11.1. The maximum Gasteiger partial charge on any atom is 0.273 e. The van der Waals surface area contributed by atoms with Crippen molar-refractivity contribution >= 4 is 21.7 Å². The van der Waals surface area contributed by atoms with Gasteiger partial charge in [0, 0.05) is 12.5 Å². The second-order valence-corrected chi connectivity index (χ2v) is 3.70. The van der Waals surface area contributed by atoms with E-state index in [0.29, 0.717) is 6.92 Å². The molecule has 0 heterocycles. The quantitative estimate of drug-likeness (QED) is 0.612. The molecule has 0 aliphatic rings. The van der Waals surface area contributed by atoms with E-state index in [4.69, 9.17) is 0 Å². The third-order valence-electron chi connectivity index (χ3n) is 1.89. The van der Waals surface area contributed by atoms with Crippen LogP contribution < -0.4 is 0 Å². The molecular weight excluding hydrogens is 273 g/mol. The SMILES string of the molecule is CC(F)(F)c1ccc(C(=O)CBr)cc1F. The van der Waals surface area contributed by atoms with Crippen LogP contribution in [0.15, 0.2) is 18.2 Å². The van der Waals surface area contributed by atoms with Crippen LogP contribution in [0, 0.1) is 5.82 Å². The zero-order chi connectivity index (χ0) is 11.6. The molecule has 1 aromatic rings. The maximum absolute atomic E-state index is 13.2. The first-order chi connectivity index (χ1) is 6.86. The van der Waals surface area contributed by atoms with Crippen molar-refractivity contribution in [1.82, 2.24) is 0 Å². The summed E-state index contributed by atoms with van der Waals surface area (Å²) in [6.07, 6.45) is 0. The first-order valence-corrected chi connectivity index (χ1v) is 5.25. The van der Waals surface area contributed by atoms with Crippen molar-refractivity contribution < 1.29 is 18.0 Å². The standard InChI is InChI=1S/C10H8BrF3O/c1-10(13,14)7-3-2-6(4-8(7)12)9(15)5-11/h2-4H,5H2,1H3. The molecule has 0 aliphatic heterocycles. The molecule has 0 amide bonds. The van der Waals surface area contributed by atoms with Gasteiger partial charge in [0.25, 0.3) is 5.92 Å². The molecule has 15 heavy (non-hydrogen) atoms. The molecule has 0 aromatic heterocycles. The predicted molar refractivity (Wildman–Crippen MR) is 54.1 cm³/mol. The lowest BCUT2D eigenvalue weighted by Crippen LogP contribution is -2.11. The molecule has 5 heteroatoms. The number of Topliss-reactive ketones (excluding diaryl/α,β-unsaturated/α-hetero) is 1. The Kier molecular flexibility index (Phi) is 3.54. The van der Waals surface area contributed by atoms with Gasteiger partial charge in [-0.25, -0.2) is 13.2 Å². The second-order valence-electron chi connectivity index (χ2n) is 3.14. The smallest absolute Gasteiger partial charge is 0.273 e. The summed E-state index contributed by atoms with van der Waals surface area (Å²) in [5.41, 5.74) is -0.619. The molecule has 0 aliphatic carbocycles. The van der Waals surface area contributed by atoms with Gasteiger partial charge in [-0.05, 0) is 12.1 Å². The molecule has 0 spiro atoms. The van der Waals surface area contributed by atoms with Gasteiger partial charge in [-0.1, -0.05) is 22.0 Å². The fourth-order valence-electron chi connectivity index (χ4n) is 1.12. The number of carbonyl (C=O) groups excluding carboxylic acids is 1. The Balaban J connectivity index is 3.15. The summed E-state index contributed by atoms with van der Waals surface area (Å²) >= 11 is 2.91. The minimum absolute atomic E-state index is 0.0360. The number of hydrogen-bond acceptors (Lipinski definition) is 1. The van der Waals surface area contributed by atoms with Gasteiger partial charge in [-0.15, -0.1) is 0 Å². The van der Waals surface area contributed by atoms with Gasteiger partial charge in [0.2, 0.25) is 0 Å². The maximum atomic E-state index is 13.2. The zero-order valence-electron chi connectivity index (χ0n) is 7.86. The van der Waals surface area contributed by atoms with Gasteiger partial charge in [0.1, 0.15) is 5.82 Å². The number of ketones is 1. The topological polar surface area (TPSA) is 17.1 Å². The second kappa shape index (κ2) is 4.35. The highest BCUT2D eigenvalue weighted by Gasteiger charge is 2.28. The first-order valence-electron chi connectivity index (χ1n) is 4.13. The van der Waals surface area contributed by atoms with Gasteiger partial charge >= 0.3 is 0 Å². The van der Waals surface area contributed by atoms with E-state index in [9.17, 15) is 18.0 Å². The van der Waals surface area contributed by atoms with E-state index in [1.165, 1.54) is 6.07 Å². The van der Waals surface area contributed by atoms with Crippen LogP contribution in [0.2, 0.25) is 0 Å². The van der Waals surface area contributed by atoms with Crippen LogP contribution in [0.4, 0.5) is 13.2 Å². The monoisotopic (exact) mass is 280 g/mol. The largest absolute Gasteiger partial charge is 0.293 e. The van der Waals surface area contributed by atoms with Crippen LogP contribution in [-0.2, 0) is 5.92 Å². The zero-order valence-corrected chi connectivity index (χ0v) is 9.45. The van der Waals surface area contributed by atoms with Crippen molar-refractivity contribution in [3.8, 4) is 0 Å². The highest BCUT2D eigenvalue weighted by molar-refractivity contribution is 9.09. The van der Waals surface area contributed by atoms with Crippen molar-refractivity contribution in [2.75, 3.05) is 5.33 Å². The molecule has 1 nitrogen and oxygen atoms in total. The van der Waals surface area contributed by atoms with Gasteiger partial charge in [0.15, 0.2) is 5.78 Å². The number of hydrogen-bond donors (Lipinski definition) is 0. The van der Waals surface area contributed by atoms with E-state index in [0.717, 1.165) is 12.1 Å². The number of carbonyl (C=O) groups is 1. The first kappa shape index (κ1) is 12.2. The molecular formula is C10H8BrF3O. The van der Waals surface area contributed by atoms with E-state index in [1.54, 1.807) is 0 Å². The number of rotatable bonds is 3. The fraction of sp³-hybridized carbons (Fsp3) is 0.300. The molecule has 0 fully saturated rings. The average molecular weight is 281 g/mol. The molecule has 0 atom stereocenters. The Morgan fingerprint density at radius 3 is 2.47 bits per heavy atom. The van der Waals surface area contributed by atoms with Crippen molar-refractivity contribution in [2.45, 2.75) is 12.8 Å². The van der Waals surface area contributed by atoms with Crippen molar-refractivity contribution in [3.63, 3.8) is 0 Å². The van der Waals surface area contributed by atoms with E-state index in [-0.39, 0.29) is 16.7 Å². The van der Waals surface area contributed by atoms with Crippen molar-refractivity contribution in [3.05, 3.63) is 35.1 Å². The van der Waals surface area contributed by atoms with Crippen molar-refractivity contribution in [1.29, 1.82) is 0 Å². The van der Waals surface area contributed by atoms with Crippen LogP contribution in [-0.4, -0.2) is 11.1 Å². The van der Waals surface area contributed by atoms with Gasteiger partial charge in [-0.2, -0.15) is 0 Å². The lowest BCUT2D eigenvalue weighted by atomic mass is 10.0. The Bertz CT molecular complexity index is 385. The van der Waals surface area contributed by atoms with Crippen LogP contribution in [0.5, 0.6) is 0 Å². The summed E-state index contributed by atoms with van der Waals surface area (Å²) < 4.78 is 38.8. The molecule has 0 unspecified atom stereocenters. The van der Waals surface area contributed by atoms with E-state index < -0.39 is 17.3 Å². The highest BCUT2D eigenvalue weighted by Crippen LogP contribution is 2.29. The predicted octanol–water partition coefficient (Wildman–Crippen LogP) is 3.52. The molecule has 0 saturated heterocycles. The Morgan fingerprint density at radius 2 is 2.07 bits per heavy atom. The van der Waals surface area contributed by atoms with Gasteiger partial charge in [-0.3, -0.25) is 4.79 Å². The molecule has 0 saturated carbocycles. The van der Waals surface area contributed by atoms with Gasteiger partial charge in [0.05, 0.1) is 10.9 Å². The van der Waals surface area contributed by atoms with Crippen LogP contribution in [0.25, 0.3) is 0 Å². The highest BCUT2D eigenvalue weighted by atomic mass is 79.9. The molecule has 0 radical (unpaired) electrons. The average Bonchev–Trinajstić information content (AvgIpc) is 2.14. The Hall–Kier alpha value is -0.840. The Morgan fingerprint density at radius 1 is 1.47 bits per heavy atom. The lowest BCUT2D eigenvalue weighted by Gasteiger charge is -2.11. The molecule has 82 valence electrons. The fourth-order valence-corrected chi connectivity index (χ4v) is 1.45. The summed E-state index contributed by atoms with van der Waals surface area (Å²) in [7, 11) is 0. The van der Waals surface area contributed by atoms with E-state index in [1.807, 2.05) is 0 Å². The van der Waals surface area contributed by atoms with Crippen molar-refractivity contribution in [2.24, 2.45) is 0 Å². The summed E-state index contributed by atoms with van der Waals surface area (Å²) in [6.45, 7) is 0.609. The molecule has 1 rings (SSSR count). The minimum atomic E-state index is -3.24. The number of halogens is 4. The van der Waals surface area contributed by atoms with Crippen LogP contribution in [0.3, 0.4) is 0 Å². The van der Waals surface area contributed by atoms with Crippen LogP contribution >= 0.6 is 15.9 Å². The minimum Gasteiger partial charge on any atom is -0.293 e. The third-order valence-corrected chi connectivity index (χ3v) is 2.39. The van der Waals surface area contributed by atoms with Crippen LogP contribution in [0.1, 0.15) is 22.8 Å². The normalized spacial score (nSPS) is 11.5. The molecule has 0 N–H and O–H groups in total. The summed E-state index contributed by atoms with van der Waals surface area (Å²) in [5, 5.41) is 0.0360. The summed E-state index contributed by atoms with van der Waals surface area (Å²) in [6, 6.07) is 2.96. The summed E-state index contributed by atoms with van der Waals surface area (Å²) in [5.74, 6) is -4.64.